The number of hydrogen-bond acceptors (Lipinski definition) is 5. The quantitative estimate of drug-likeness (QED) is 0.745. The van der Waals surface area contributed by atoms with Crippen LogP contribution in [0.5, 0.6) is 0 Å². The Morgan fingerprint density at radius 3 is 2.85 bits per heavy atom. The highest BCUT2D eigenvalue weighted by Gasteiger charge is 2.45. The molecule has 2 N–H and O–H groups in total. The molecule has 0 aliphatic heterocycles. The fourth-order valence-corrected chi connectivity index (χ4v) is 4.80. The number of rotatable bonds is 8. The van der Waals surface area contributed by atoms with Crippen molar-refractivity contribution < 1.29 is 9.53 Å². The fourth-order valence-electron chi connectivity index (χ4n) is 2.31. The van der Waals surface area contributed by atoms with Crippen LogP contribution in [0.3, 0.4) is 0 Å². The standard InChI is InChI=1S/C15H23NO2S2/c1-3-12(16)14(11-4-7-19-9-11)20-10-15(5-6-15)8-13(17)18-2/h4,7,9,12,14H,3,5-6,8,10,16H2,1-2H3. The van der Waals surface area contributed by atoms with Gasteiger partial charge in [-0.25, -0.2) is 0 Å². The number of esters is 1. The summed E-state index contributed by atoms with van der Waals surface area (Å²) >= 11 is 3.62. The van der Waals surface area contributed by atoms with Crippen LogP contribution >= 0.6 is 23.1 Å². The third kappa shape index (κ3) is 3.99. The lowest BCUT2D eigenvalue weighted by Crippen LogP contribution is -2.26. The van der Waals surface area contributed by atoms with Gasteiger partial charge in [0.15, 0.2) is 0 Å². The van der Waals surface area contributed by atoms with Crippen molar-refractivity contribution in [3.8, 4) is 0 Å². The van der Waals surface area contributed by atoms with E-state index in [1.807, 2.05) is 11.8 Å². The average Bonchev–Trinajstić information content (AvgIpc) is 3.00. The zero-order valence-corrected chi connectivity index (χ0v) is 13.8. The molecule has 1 aromatic heterocycles. The molecule has 2 atom stereocenters. The third-order valence-electron chi connectivity index (χ3n) is 4.01. The molecular weight excluding hydrogens is 290 g/mol. The molecule has 1 heterocycles. The largest absolute Gasteiger partial charge is 0.469 e. The first-order chi connectivity index (χ1) is 9.60. The molecule has 0 aromatic carbocycles. The maximum atomic E-state index is 11.5. The van der Waals surface area contributed by atoms with Crippen LogP contribution in [0.1, 0.15) is 43.4 Å². The zero-order chi connectivity index (χ0) is 14.6. The molecule has 5 heteroatoms. The number of thiophene rings is 1. The molecule has 1 fully saturated rings. The van der Waals surface area contributed by atoms with Crippen LogP contribution in [0, 0.1) is 5.41 Å². The summed E-state index contributed by atoms with van der Waals surface area (Å²) in [6.07, 6.45) is 3.78. The van der Waals surface area contributed by atoms with Gasteiger partial charge >= 0.3 is 5.97 Å². The minimum absolute atomic E-state index is 0.0880. The lowest BCUT2D eigenvalue weighted by Gasteiger charge is -2.24. The van der Waals surface area contributed by atoms with Crippen LogP contribution in [0.2, 0.25) is 0 Å². The highest BCUT2D eigenvalue weighted by atomic mass is 32.2. The van der Waals surface area contributed by atoms with E-state index in [4.69, 9.17) is 10.5 Å². The van der Waals surface area contributed by atoms with Gasteiger partial charge in [-0.3, -0.25) is 4.79 Å². The summed E-state index contributed by atoms with van der Waals surface area (Å²) in [5.41, 5.74) is 7.77. The maximum absolute atomic E-state index is 11.5. The molecule has 1 aliphatic rings. The van der Waals surface area contributed by atoms with Gasteiger partial charge in [0.05, 0.1) is 13.5 Å². The summed E-state index contributed by atoms with van der Waals surface area (Å²) < 4.78 is 4.80. The van der Waals surface area contributed by atoms with Crippen molar-refractivity contribution >= 4 is 29.1 Å². The van der Waals surface area contributed by atoms with Crippen molar-refractivity contribution in [2.75, 3.05) is 12.9 Å². The topological polar surface area (TPSA) is 52.3 Å². The Morgan fingerprint density at radius 1 is 1.60 bits per heavy atom. The number of hydrogen-bond donors (Lipinski definition) is 1. The van der Waals surface area contributed by atoms with E-state index in [0.29, 0.717) is 11.7 Å². The molecule has 0 amide bonds. The lowest BCUT2D eigenvalue weighted by atomic mass is 10.1. The normalized spacial score (nSPS) is 19.4. The molecule has 3 nitrogen and oxygen atoms in total. The second-order valence-electron chi connectivity index (χ2n) is 5.61. The van der Waals surface area contributed by atoms with Crippen LogP contribution < -0.4 is 5.73 Å². The minimum Gasteiger partial charge on any atom is -0.469 e. The van der Waals surface area contributed by atoms with Gasteiger partial charge in [0.2, 0.25) is 0 Å². The second-order valence-corrected chi connectivity index (χ2v) is 7.52. The predicted molar refractivity (Wildman–Crippen MR) is 86.1 cm³/mol. The molecule has 2 rings (SSSR count). The molecule has 1 saturated carbocycles. The highest BCUT2D eigenvalue weighted by molar-refractivity contribution is 7.99. The van der Waals surface area contributed by atoms with Crippen LogP contribution in [-0.4, -0.2) is 24.9 Å². The molecule has 112 valence electrons. The SMILES string of the molecule is CCC(N)C(SCC1(CC(=O)OC)CC1)c1ccsc1. The smallest absolute Gasteiger partial charge is 0.306 e. The van der Waals surface area contributed by atoms with Gasteiger partial charge in [-0.2, -0.15) is 23.1 Å². The first-order valence-electron chi connectivity index (χ1n) is 7.06. The molecule has 20 heavy (non-hydrogen) atoms. The molecule has 0 saturated heterocycles. The first kappa shape index (κ1) is 15.9. The Kier molecular flexibility index (Phi) is 5.52. The molecule has 0 bridgehead atoms. The highest BCUT2D eigenvalue weighted by Crippen LogP contribution is 2.53. The number of nitrogens with two attached hydrogens (primary N) is 1. The third-order valence-corrected chi connectivity index (χ3v) is 6.47. The molecule has 2 unspecified atom stereocenters. The van der Waals surface area contributed by atoms with E-state index in [2.05, 4.69) is 23.8 Å². The van der Waals surface area contributed by atoms with E-state index < -0.39 is 0 Å². The molecule has 1 aromatic rings. The monoisotopic (exact) mass is 313 g/mol. The van der Waals surface area contributed by atoms with E-state index in [1.165, 1.54) is 12.7 Å². The summed E-state index contributed by atoms with van der Waals surface area (Å²) in [6, 6.07) is 2.33. The number of methoxy groups -OCH3 is 1. The van der Waals surface area contributed by atoms with Gasteiger partial charge in [0, 0.05) is 17.0 Å². The summed E-state index contributed by atoms with van der Waals surface area (Å²) in [5, 5.41) is 4.63. The summed E-state index contributed by atoms with van der Waals surface area (Å²) in [6.45, 7) is 2.13. The number of carbonyl (C=O) groups excluding carboxylic acids is 1. The average molecular weight is 313 g/mol. The van der Waals surface area contributed by atoms with Crippen molar-refractivity contribution in [2.24, 2.45) is 11.1 Å². The Morgan fingerprint density at radius 2 is 2.35 bits per heavy atom. The van der Waals surface area contributed by atoms with Gasteiger partial charge in [-0.05, 0) is 47.1 Å². The van der Waals surface area contributed by atoms with Crippen molar-refractivity contribution in [3.63, 3.8) is 0 Å². The van der Waals surface area contributed by atoms with Crippen molar-refractivity contribution in [3.05, 3.63) is 22.4 Å². The van der Waals surface area contributed by atoms with Gasteiger partial charge in [0.25, 0.3) is 0 Å². The number of carbonyl (C=O) groups is 1. The molecular formula is C15H23NO2S2. The van der Waals surface area contributed by atoms with E-state index in [9.17, 15) is 4.79 Å². The Bertz CT molecular complexity index is 429. The maximum Gasteiger partial charge on any atom is 0.306 e. The Labute approximate surface area is 129 Å². The van der Waals surface area contributed by atoms with E-state index >= 15 is 0 Å². The summed E-state index contributed by atoms with van der Waals surface area (Å²) in [4.78, 5) is 11.5. The zero-order valence-electron chi connectivity index (χ0n) is 12.1. The minimum atomic E-state index is -0.0880. The molecule has 1 aliphatic carbocycles. The van der Waals surface area contributed by atoms with Gasteiger partial charge in [-0.1, -0.05) is 6.92 Å². The van der Waals surface area contributed by atoms with Crippen LogP contribution in [0.4, 0.5) is 0 Å². The Hall–Kier alpha value is -0.520. The molecule has 0 spiro atoms. The lowest BCUT2D eigenvalue weighted by molar-refractivity contribution is -0.141. The molecule has 0 radical (unpaired) electrons. The number of thioether (sulfide) groups is 1. The van der Waals surface area contributed by atoms with Crippen molar-refractivity contribution in [2.45, 2.75) is 43.9 Å². The fraction of sp³-hybridized carbons (Fsp3) is 0.667. The summed E-state index contributed by atoms with van der Waals surface area (Å²) in [5.74, 6) is 0.908. The number of ether oxygens (including phenoxy) is 1. The second kappa shape index (κ2) is 6.96. The summed E-state index contributed by atoms with van der Waals surface area (Å²) in [7, 11) is 1.46. The van der Waals surface area contributed by atoms with Gasteiger partial charge < -0.3 is 10.5 Å². The predicted octanol–water partition coefficient (Wildman–Crippen LogP) is 3.60. The van der Waals surface area contributed by atoms with Crippen LogP contribution in [0.15, 0.2) is 16.8 Å². The van der Waals surface area contributed by atoms with Crippen molar-refractivity contribution in [1.29, 1.82) is 0 Å². The van der Waals surface area contributed by atoms with Crippen LogP contribution in [-0.2, 0) is 9.53 Å². The van der Waals surface area contributed by atoms with Gasteiger partial charge in [0.1, 0.15) is 0 Å². The van der Waals surface area contributed by atoms with Gasteiger partial charge in [-0.15, -0.1) is 0 Å². The van der Waals surface area contributed by atoms with Crippen LogP contribution in [0.25, 0.3) is 0 Å². The Balaban J connectivity index is 1.94. The van der Waals surface area contributed by atoms with E-state index in [-0.39, 0.29) is 17.4 Å². The van der Waals surface area contributed by atoms with Crippen molar-refractivity contribution in [1.82, 2.24) is 0 Å². The first-order valence-corrected chi connectivity index (χ1v) is 9.05. The van der Waals surface area contributed by atoms with E-state index in [1.54, 1.807) is 11.3 Å². The van der Waals surface area contributed by atoms with E-state index in [0.717, 1.165) is 25.0 Å².